The summed E-state index contributed by atoms with van der Waals surface area (Å²) >= 11 is 1.90. The molecular weight excluding hydrogens is 262 g/mol. The third kappa shape index (κ3) is 5.03. The first-order valence-corrected chi connectivity index (χ1v) is 8.13. The highest BCUT2D eigenvalue weighted by Crippen LogP contribution is 2.24. The molecule has 2 aromatic rings. The van der Waals surface area contributed by atoms with E-state index in [4.69, 9.17) is 0 Å². The summed E-state index contributed by atoms with van der Waals surface area (Å²) in [5, 5.41) is 3.46. The van der Waals surface area contributed by atoms with Crippen LogP contribution in [0, 0.1) is 6.92 Å². The topological polar surface area (TPSA) is 12.0 Å². The number of nitrogens with one attached hydrogen (secondary N) is 1. The van der Waals surface area contributed by atoms with Gasteiger partial charge in [0.15, 0.2) is 0 Å². The van der Waals surface area contributed by atoms with E-state index in [9.17, 15) is 0 Å². The number of aryl methyl sites for hydroxylation is 1. The molecule has 0 radical (unpaired) electrons. The van der Waals surface area contributed by atoms with Gasteiger partial charge in [0, 0.05) is 23.2 Å². The van der Waals surface area contributed by atoms with Crippen molar-refractivity contribution in [3.8, 4) is 0 Å². The lowest BCUT2D eigenvalue weighted by atomic mass is 10.2. The highest BCUT2D eigenvalue weighted by Gasteiger charge is 2.00. The van der Waals surface area contributed by atoms with Crippen LogP contribution < -0.4 is 5.32 Å². The third-order valence-corrected chi connectivity index (χ3v) is 4.17. The van der Waals surface area contributed by atoms with Crippen molar-refractivity contribution in [1.82, 2.24) is 5.32 Å². The van der Waals surface area contributed by atoms with Gasteiger partial charge in [-0.1, -0.05) is 55.8 Å². The van der Waals surface area contributed by atoms with E-state index in [0.717, 1.165) is 12.3 Å². The fourth-order valence-electron chi connectivity index (χ4n) is 2.04. The van der Waals surface area contributed by atoms with Crippen molar-refractivity contribution < 1.29 is 0 Å². The number of hydrogen-bond donors (Lipinski definition) is 1. The molecule has 0 aliphatic rings. The predicted octanol–water partition coefficient (Wildman–Crippen LogP) is 4.79. The standard InChI is InChI=1S/C18H23NS/c1-14(2)19-12-16-7-5-9-18(11-16)20-13-17-8-4-6-15(3)10-17/h4-11,14,19H,12-13H2,1-3H3. The first-order valence-electron chi connectivity index (χ1n) is 7.14. The SMILES string of the molecule is Cc1cccc(CSc2cccc(CNC(C)C)c2)c1. The van der Waals surface area contributed by atoms with Gasteiger partial charge in [0.25, 0.3) is 0 Å². The Hall–Kier alpha value is -1.25. The molecule has 0 aliphatic carbocycles. The van der Waals surface area contributed by atoms with E-state index in [0.29, 0.717) is 6.04 Å². The molecule has 0 atom stereocenters. The molecule has 0 saturated carbocycles. The summed E-state index contributed by atoms with van der Waals surface area (Å²) in [7, 11) is 0. The Morgan fingerprint density at radius 2 is 1.75 bits per heavy atom. The van der Waals surface area contributed by atoms with Crippen molar-refractivity contribution in [2.24, 2.45) is 0 Å². The maximum absolute atomic E-state index is 3.46. The van der Waals surface area contributed by atoms with Crippen molar-refractivity contribution in [2.45, 2.75) is 44.0 Å². The summed E-state index contributed by atoms with van der Waals surface area (Å²) in [5.74, 6) is 1.03. The second kappa shape index (κ2) is 7.51. The average Bonchev–Trinajstić information content (AvgIpc) is 2.43. The zero-order valence-corrected chi connectivity index (χ0v) is 13.3. The van der Waals surface area contributed by atoms with Gasteiger partial charge in [0.2, 0.25) is 0 Å². The van der Waals surface area contributed by atoms with E-state index in [1.54, 1.807) is 0 Å². The van der Waals surface area contributed by atoms with E-state index >= 15 is 0 Å². The molecule has 0 saturated heterocycles. The molecule has 1 N–H and O–H groups in total. The predicted molar refractivity (Wildman–Crippen MR) is 89.2 cm³/mol. The highest BCUT2D eigenvalue weighted by atomic mass is 32.2. The van der Waals surface area contributed by atoms with Crippen LogP contribution in [0.2, 0.25) is 0 Å². The van der Waals surface area contributed by atoms with Crippen molar-refractivity contribution in [2.75, 3.05) is 0 Å². The first-order chi connectivity index (χ1) is 9.63. The van der Waals surface area contributed by atoms with Crippen molar-refractivity contribution >= 4 is 11.8 Å². The zero-order chi connectivity index (χ0) is 14.4. The van der Waals surface area contributed by atoms with Crippen LogP contribution in [0.1, 0.15) is 30.5 Å². The average molecular weight is 285 g/mol. The lowest BCUT2D eigenvalue weighted by Gasteiger charge is -2.09. The molecule has 0 amide bonds. The normalized spacial score (nSPS) is 11.0. The molecule has 0 bridgehead atoms. The Morgan fingerprint density at radius 3 is 2.50 bits per heavy atom. The summed E-state index contributed by atoms with van der Waals surface area (Å²) < 4.78 is 0. The first kappa shape index (κ1) is 15.1. The van der Waals surface area contributed by atoms with Gasteiger partial charge in [-0.2, -0.15) is 0 Å². The van der Waals surface area contributed by atoms with Gasteiger partial charge in [-0.25, -0.2) is 0 Å². The van der Waals surface area contributed by atoms with Gasteiger partial charge in [-0.15, -0.1) is 11.8 Å². The molecule has 0 fully saturated rings. The molecule has 20 heavy (non-hydrogen) atoms. The largest absolute Gasteiger partial charge is 0.310 e. The fraction of sp³-hybridized carbons (Fsp3) is 0.333. The Morgan fingerprint density at radius 1 is 1.00 bits per heavy atom. The molecule has 0 unspecified atom stereocenters. The Labute approximate surface area is 126 Å². The van der Waals surface area contributed by atoms with E-state index in [2.05, 4.69) is 74.6 Å². The van der Waals surface area contributed by atoms with Gasteiger partial charge >= 0.3 is 0 Å². The van der Waals surface area contributed by atoms with Crippen LogP contribution in [0.4, 0.5) is 0 Å². The number of benzene rings is 2. The second-order valence-corrected chi connectivity index (χ2v) is 6.51. The summed E-state index contributed by atoms with van der Waals surface area (Å²) in [4.78, 5) is 1.34. The van der Waals surface area contributed by atoms with Gasteiger partial charge in [0.1, 0.15) is 0 Å². The minimum Gasteiger partial charge on any atom is -0.310 e. The van der Waals surface area contributed by atoms with E-state index in [1.807, 2.05) is 11.8 Å². The summed E-state index contributed by atoms with van der Waals surface area (Å²) in [6, 6.07) is 18.1. The van der Waals surface area contributed by atoms with Gasteiger partial charge < -0.3 is 5.32 Å². The minimum absolute atomic E-state index is 0.526. The van der Waals surface area contributed by atoms with E-state index in [1.165, 1.54) is 21.6 Å². The Kier molecular flexibility index (Phi) is 5.69. The second-order valence-electron chi connectivity index (χ2n) is 5.46. The van der Waals surface area contributed by atoms with E-state index in [-0.39, 0.29) is 0 Å². The molecule has 2 aromatic carbocycles. The molecule has 0 aromatic heterocycles. The highest BCUT2D eigenvalue weighted by molar-refractivity contribution is 7.98. The summed E-state index contributed by atoms with van der Waals surface area (Å²) in [6.07, 6.45) is 0. The maximum atomic E-state index is 3.46. The molecule has 106 valence electrons. The van der Waals surface area contributed by atoms with Crippen LogP contribution in [-0.4, -0.2) is 6.04 Å². The Bertz CT molecular complexity index is 549. The van der Waals surface area contributed by atoms with Crippen LogP contribution in [-0.2, 0) is 12.3 Å². The molecule has 2 heteroatoms. The Balaban J connectivity index is 1.94. The van der Waals surface area contributed by atoms with Crippen LogP contribution >= 0.6 is 11.8 Å². The zero-order valence-electron chi connectivity index (χ0n) is 12.5. The maximum Gasteiger partial charge on any atom is 0.0232 e. The molecule has 0 aliphatic heterocycles. The van der Waals surface area contributed by atoms with Crippen LogP contribution in [0.25, 0.3) is 0 Å². The van der Waals surface area contributed by atoms with Crippen LogP contribution in [0.3, 0.4) is 0 Å². The van der Waals surface area contributed by atoms with Crippen molar-refractivity contribution in [3.63, 3.8) is 0 Å². The smallest absolute Gasteiger partial charge is 0.0232 e. The molecule has 2 rings (SSSR count). The number of rotatable bonds is 6. The third-order valence-electron chi connectivity index (χ3n) is 3.10. The lowest BCUT2D eigenvalue weighted by molar-refractivity contribution is 0.588. The van der Waals surface area contributed by atoms with Crippen LogP contribution in [0.15, 0.2) is 53.4 Å². The van der Waals surface area contributed by atoms with E-state index < -0.39 is 0 Å². The van der Waals surface area contributed by atoms with Gasteiger partial charge in [0.05, 0.1) is 0 Å². The molecular formula is C18H23NS. The van der Waals surface area contributed by atoms with Crippen molar-refractivity contribution in [3.05, 3.63) is 65.2 Å². The molecule has 1 nitrogen and oxygen atoms in total. The minimum atomic E-state index is 0.526. The van der Waals surface area contributed by atoms with Crippen molar-refractivity contribution in [1.29, 1.82) is 0 Å². The summed E-state index contributed by atoms with van der Waals surface area (Å²) in [5.41, 5.74) is 4.08. The fourth-order valence-corrected chi connectivity index (χ4v) is 2.96. The van der Waals surface area contributed by atoms with Crippen LogP contribution in [0.5, 0.6) is 0 Å². The summed E-state index contributed by atoms with van der Waals surface area (Å²) in [6.45, 7) is 7.44. The molecule has 0 heterocycles. The lowest BCUT2D eigenvalue weighted by Crippen LogP contribution is -2.21. The number of hydrogen-bond acceptors (Lipinski definition) is 2. The number of thioether (sulfide) groups is 1. The van der Waals surface area contributed by atoms with Gasteiger partial charge in [-0.05, 0) is 30.2 Å². The molecule has 0 spiro atoms. The monoisotopic (exact) mass is 285 g/mol. The van der Waals surface area contributed by atoms with Gasteiger partial charge in [-0.3, -0.25) is 0 Å². The quantitative estimate of drug-likeness (QED) is 0.766.